The highest BCUT2D eigenvalue weighted by Gasteiger charge is 2.28. The second kappa shape index (κ2) is 13.9. The van der Waals surface area contributed by atoms with E-state index in [9.17, 15) is 18.0 Å². The van der Waals surface area contributed by atoms with Gasteiger partial charge in [-0.1, -0.05) is 68.8 Å². The van der Waals surface area contributed by atoms with Crippen molar-refractivity contribution in [2.24, 2.45) is 0 Å². The molecule has 186 valence electrons. The number of carbonyl (C=O) groups excluding carboxylic acids is 2. The lowest BCUT2D eigenvalue weighted by molar-refractivity contribution is -0.141. The summed E-state index contributed by atoms with van der Waals surface area (Å²) in [5, 5.41) is 2.95. The Bertz CT molecular complexity index is 997. The Morgan fingerprint density at radius 2 is 1.56 bits per heavy atom. The van der Waals surface area contributed by atoms with E-state index < -0.39 is 16.1 Å². The molecule has 2 aromatic carbocycles. The SMILES string of the molecule is CCCCNC(=O)C(CC)N(Cc1ccccc1)C(=O)CCCN(C)S(=O)(=O)c1ccccc1. The highest BCUT2D eigenvalue weighted by molar-refractivity contribution is 7.89. The van der Waals surface area contributed by atoms with Crippen LogP contribution in [0.1, 0.15) is 51.5 Å². The van der Waals surface area contributed by atoms with Gasteiger partial charge in [-0.25, -0.2) is 12.7 Å². The second-order valence-electron chi connectivity index (χ2n) is 8.32. The van der Waals surface area contributed by atoms with Crippen LogP contribution in [-0.2, 0) is 26.2 Å². The van der Waals surface area contributed by atoms with E-state index in [1.165, 1.54) is 11.4 Å². The predicted molar refractivity (Wildman–Crippen MR) is 134 cm³/mol. The number of nitrogens with one attached hydrogen (secondary N) is 1. The molecule has 1 atom stereocenters. The van der Waals surface area contributed by atoms with Gasteiger partial charge in [-0.15, -0.1) is 0 Å². The van der Waals surface area contributed by atoms with Gasteiger partial charge >= 0.3 is 0 Å². The Kier molecular flexibility index (Phi) is 11.2. The maximum absolute atomic E-state index is 13.3. The Hall–Kier alpha value is -2.71. The molecular formula is C26H37N3O4S. The molecule has 2 aromatic rings. The summed E-state index contributed by atoms with van der Waals surface area (Å²) in [5.74, 6) is -0.309. The molecule has 0 aliphatic rings. The quantitative estimate of drug-likeness (QED) is 0.411. The molecule has 0 aromatic heterocycles. The van der Waals surface area contributed by atoms with E-state index in [0.29, 0.717) is 25.9 Å². The summed E-state index contributed by atoms with van der Waals surface area (Å²) in [5.41, 5.74) is 0.944. The molecule has 0 heterocycles. The van der Waals surface area contributed by atoms with E-state index in [0.717, 1.165) is 18.4 Å². The zero-order valence-corrected chi connectivity index (χ0v) is 21.3. The topological polar surface area (TPSA) is 86.8 Å². The van der Waals surface area contributed by atoms with Crippen LogP contribution in [0.25, 0.3) is 0 Å². The van der Waals surface area contributed by atoms with Gasteiger partial charge < -0.3 is 10.2 Å². The number of unbranched alkanes of at least 4 members (excludes halogenated alkanes) is 1. The van der Waals surface area contributed by atoms with E-state index in [1.807, 2.05) is 37.3 Å². The van der Waals surface area contributed by atoms with Crippen LogP contribution in [-0.4, -0.2) is 55.6 Å². The van der Waals surface area contributed by atoms with Gasteiger partial charge in [0.05, 0.1) is 4.90 Å². The van der Waals surface area contributed by atoms with Gasteiger partial charge in [0.2, 0.25) is 21.8 Å². The number of benzene rings is 2. The first-order chi connectivity index (χ1) is 16.3. The number of sulfonamides is 1. The highest BCUT2D eigenvalue weighted by atomic mass is 32.2. The molecule has 1 unspecified atom stereocenters. The van der Waals surface area contributed by atoms with Crippen LogP contribution < -0.4 is 5.32 Å². The van der Waals surface area contributed by atoms with Crippen LogP contribution in [0.3, 0.4) is 0 Å². The van der Waals surface area contributed by atoms with Crippen LogP contribution >= 0.6 is 0 Å². The van der Waals surface area contributed by atoms with Gasteiger partial charge in [0.1, 0.15) is 6.04 Å². The summed E-state index contributed by atoms with van der Waals surface area (Å²) >= 11 is 0. The van der Waals surface area contributed by atoms with E-state index in [4.69, 9.17) is 0 Å². The molecular weight excluding hydrogens is 450 g/mol. The molecule has 8 heteroatoms. The minimum atomic E-state index is -3.61. The van der Waals surface area contributed by atoms with Crippen LogP contribution in [0.15, 0.2) is 65.6 Å². The van der Waals surface area contributed by atoms with Crippen molar-refractivity contribution >= 4 is 21.8 Å². The molecule has 0 aliphatic carbocycles. The number of amides is 2. The molecule has 0 bridgehead atoms. The minimum absolute atomic E-state index is 0.149. The predicted octanol–water partition coefficient (Wildman–Crippen LogP) is 3.81. The van der Waals surface area contributed by atoms with Gasteiger partial charge in [-0.05, 0) is 37.0 Å². The number of hydrogen-bond acceptors (Lipinski definition) is 4. The Balaban J connectivity index is 2.07. The summed E-state index contributed by atoms with van der Waals surface area (Å²) in [6.45, 7) is 5.08. The molecule has 7 nitrogen and oxygen atoms in total. The first kappa shape index (κ1) is 27.5. The van der Waals surface area contributed by atoms with Gasteiger partial charge in [0.25, 0.3) is 0 Å². The van der Waals surface area contributed by atoms with Crippen molar-refractivity contribution in [1.82, 2.24) is 14.5 Å². The Morgan fingerprint density at radius 1 is 0.941 bits per heavy atom. The first-order valence-corrected chi connectivity index (χ1v) is 13.4. The normalized spacial score (nSPS) is 12.4. The van der Waals surface area contributed by atoms with Crippen LogP contribution in [0.5, 0.6) is 0 Å². The van der Waals surface area contributed by atoms with Crippen molar-refractivity contribution < 1.29 is 18.0 Å². The van der Waals surface area contributed by atoms with Crippen molar-refractivity contribution in [1.29, 1.82) is 0 Å². The highest BCUT2D eigenvalue weighted by Crippen LogP contribution is 2.17. The van der Waals surface area contributed by atoms with Crippen molar-refractivity contribution in [3.05, 3.63) is 66.2 Å². The van der Waals surface area contributed by atoms with Crippen LogP contribution in [0.2, 0.25) is 0 Å². The maximum Gasteiger partial charge on any atom is 0.242 e. The van der Waals surface area contributed by atoms with Gasteiger partial charge in [-0.3, -0.25) is 9.59 Å². The monoisotopic (exact) mass is 487 g/mol. The lowest BCUT2D eigenvalue weighted by Gasteiger charge is -2.31. The average molecular weight is 488 g/mol. The zero-order valence-electron chi connectivity index (χ0n) is 20.4. The molecule has 0 aliphatic heterocycles. The number of nitrogens with zero attached hydrogens (tertiary/aromatic N) is 2. The largest absolute Gasteiger partial charge is 0.354 e. The number of rotatable bonds is 14. The summed E-state index contributed by atoms with van der Waals surface area (Å²) in [6.07, 6.45) is 2.87. The summed E-state index contributed by atoms with van der Waals surface area (Å²) in [7, 11) is -2.09. The van der Waals surface area contributed by atoms with Gasteiger partial charge in [-0.2, -0.15) is 0 Å². The van der Waals surface area contributed by atoms with Crippen molar-refractivity contribution in [3.63, 3.8) is 0 Å². The van der Waals surface area contributed by atoms with E-state index in [-0.39, 0.29) is 29.7 Å². The smallest absolute Gasteiger partial charge is 0.242 e. The third kappa shape index (κ3) is 7.95. The fourth-order valence-corrected chi connectivity index (χ4v) is 4.93. The standard InChI is InChI=1S/C26H37N3O4S/c1-4-6-19-27-26(31)24(5-2)29(21-22-14-9-7-10-15-22)25(30)18-13-20-28(3)34(32,33)23-16-11-8-12-17-23/h7-12,14-17,24H,4-6,13,18-21H2,1-3H3,(H,27,31). The fraction of sp³-hybridized carbons (Fsp3) is 0.462. The summed E-state index contributed by atoms with van der Waals surface area (Å²) < 4.78 is 26.7. The molecule has 34 heavy (non-hydrogen) atoms. The lowest BCUT2D eigenvalue weighted by Crippen LogP contribution is -2.49. The number of hydrogen-bond donors (Lipinski definition) is 1. The van der Waals surface area contributed by atoms with Crippen molar-refractivity contribution in [2.45, 2.75) is 63.4 Å². The molecule has 0 fully saturated rings. The van der Waals surface area contributed by atoms with Crippen LogP contribution in [0.4, 0.5) is 0 Å². The molecule has 1 N–H and O–H groups in total. The molecule has 0 radical (unpaired) electrons. The van der Waals surface area contributed by atoms with Crippen molar-refractivity contribution in [2.75, 3.05) is 20.1 Å². The molecule has 0 saturated heterocycles. The molecule has 2 amide bonds. The minimum Gasteiger partial charge on any atom is -0.354 e. The summed E-state index contributed by atoms with van der Waals surface area (Å²) in [6, 6.07) is 17.3. The zero-order chi connectivity index (χ0) is 25.0. The average Bonchev–Trinajstić information content (AvgIpc) is 2.85. The van der Waals surface area contributed by atoms with E-state index in [1.54, 1.807) is 35.2 Å². The lowest BCUT2D eigenvalue weighted by atomic mass is 10.1. The first-order valence-electron chi connectivity index (χ1n) is 11.9. The van der Waals surface area contributed by atoms with Gasteiger partial charge in [0.15, 0.2) is 0 Å². The third-order valence-corrected chi connectivity index (χ3v) is 7.60. The summed E-state index contributed by atoms with van der Waals surface area (Å²) in [4.78, 5) is 28.0. The Labute approximate surface area is 204 Å². The third-order valence-electron chi connectivity index (χ3n) is 5.73. The van der Waals surface area contributed by atoms with E-state index >= 15 is 0 Å². The molecule has 0 saturated carbocycles. The number of carbonyl (C=O) groups is 2. The fourth-order valence-electron chi connectivity index (χ4n) is 3.69. The molecule has 2 rings (SSSR count). The Morgan fingerprint density at radius 3 is 2.15 bits per heavy atom. The van der Waals surface area contributed by atoms with Crippen molar-refractivity contribution in [3.8, 4) is 0 Å². The molecule has 0 spiro atoms. The second-order valence-corrected chi connectivity index (χ2v) is 10.4. The van der Waals surface area contributed by atoms with E-state index in [2.05, 4.69) is 12.2 Å². The van der Waals surface area contributed by atoms with Gasteiger partial charge in [0, 0.05) is 33.1 Å². The maximum atomic E-state index is 13.3. The van der Waals surface area contributed by atoms with Crippen LogP contribution in [0, 0.1) is 0 Å².